The molecule has 0 spiro atoms. The van der Waals surface area contributed by atoms with Crippen LogP contribution in [0.3, 0.4) is 0 Å². The first-order valence-corrected chi connectivity index (χ1v) is 14.5. The average Bonchev–Trinajstić information content (AvgIpc) is 3.40. The van der Waals surface area contributed by atoms with Crippen molar-refractivity contribution in [1.82, 2.24) is 4.98 Å². The van der Waals surface area contributed by atoms with Crippen molar-refractivity contribution < 1.29 is 0 Å². The standard InChI is InChI=1S/C41H26N2/c1-42-33-24-30(26-43-27-33)28-13-12-14-29(23-28)37-25-39-40(35-20-9-8-19-34(35)37)36-21-10-11-22-38(36)41(39,31-15-4-2-5-16-31)32-17-6-3-7-18-32/h2-27H. The molecule has 0 radical (unpaired) electrons. The molecule has 2 heteroatoms. The van der Waals surface area contributed by atoms with Crippen LogP contribution in [0.2, 0.25) is 0 Å². The molecule has 0 atom stereocenters. The number of aromatic nitrogens is 1. The van der Waals surface area contributed by atoms with Crippen molar-refractivity contribution in [3.63, 3.8) is 0 Å². The quantitative estimate of drug-likeness (QED) is 0.201. The molecular weight excluding hydrogens is 520 g/mol. The van der Waals surface area contributed by atoms with Crippen molar-refractivity contribution in [2.75, 3.05) is 0 Å². The normalized spacial score (nSPS) is 12.8. The van der Waals surface area contributed by atoms with E-state index in [1.165, 1.54) is 49.7 Å². The summed E-state index contributed by atoms with van der Waals surface area (Å²) >= 11 is 0. The summed E-state index contributed by atoms with van der Waals surface area (Å²) in [7, 11) is 0. The zero-order valence-corrected chi connectivity index (χ0v) is 23.4. The number of benzene rings is 6. The van der Waals surface area contributed by atoms with Crippen molar-refractivity contribution in [3.8, 4) is 33.4 Å². The van der Waals surface area contributed by atoms with Crippen molar-refractivity contribution in [1.29, 1.82) is 0 Å². The summed E-state index contributed by atoms with van der Waals surface area (Å²) in [5.41, 5.74) is 12.1. The second-order valence-corrected chi connectivity index (χ2v) is 11.0. The minimum absolute atomic E-state index is 0.473. The summed E-state index contributed by atoms with van der Waals surface area (Å²) in [4.78, 5) is 7.93. The molecule has 1 aliphatic rings. The minimum Gasteiger partial charge on any atom is -0.276 e. The highest BCUT2D eigenvalue weighted by molar-refractivity contribution is 6.10. The molecule has 0 aliphatic heterocycles. The van der Waals surface area contributed by atoms with E-state index >= 15 is 0 Å². The molecule has 200 valence electrons. The van der Waals surface area contributed by atoms with Gasteiger partial charge in [0.1, 0.15) is 0 Å². The Hall–Kier alpha value is -5.78. The van der Waals surface area contributed by atoms with Gasteiger partial charge in [-0.3, -0.25) is 4.98 Å². The van der Waals surface area contributed by atoms with E-state index in [4.69, 9.17) is 6.57 Å². The SMILES string of the molecule is [C-]#[N+]c1cncc(-c2cccc(-c3cc4c(c5ccccc35)-c3ccccc3C4(c3ccccc3)c3ccccc3)c2)c1. The molecule has 1 heterocycles. The van der Waals surface area contributed by atoms with Gasteiger partial charge in [0.05, 0.1) is 12.0 Å². The summed E-state index contributed by atoms with van der Waals surface area (Å²) in [5, 5.41) is 2.47. The summed E-state index contributed by atoms with van der Waals surface area (Å²) < 4.78 is 0. The Bertz CT molecular complexity index is 2150. The number of fused-ring (bicyclic) bond motifs is 5. The van der Waals surface area contributed by atoms with Crippen molar-refractivity contribution in [3.05, 3.63) is 192 Å². The van der Waals surface area contributed by atoms with Crippen molar-refractivity contribution in [2.24, 2.45) is 0 Å². The number of hydrogen-bond acceptors (Lipinski definition) is 1. The van der Waals surface area contributed by atoms with Crippen LogP contribution in [0.15, 0.2) is 158 Å². The highest BCUT2D eigenvalue weighted by atomic mass is 14.7. The Morgan fingerprint density at radius 3 is 1.88 bits per heavy atom. The predicted octanol–water partition coefficient (Wildman–Crippen LogP) is 10.5. The molecule has 0 saturated carbocycles. The maximum Gasteiger partial charge on any atom is 0.205 e. The Morgan fingerprint density at radius 1 is 0.488 bits per heavy atom. The van der Waals surface area contributed by atoms with E-state index < -0.39 is 5.41 Å². The van der Waals surface area contributed by atoms with Crippen LogP contribution >= 0.6 is 0 Å². The van der Waals surface area contributed by atoms with Crippen LogP contribution in [0.25, 0.3) is 49.0 Å². The molecule has 0 amide bonds. The molecule has 0 bridgehead atoms. The van der Waals surface area contributed by atoms with Crippen LogP contribution in [0, 0.1) is 6.57 Å². The molecule has 6 aromatic carbocycles. The fourth-order valence-electron chi connectivity index (χ4n) is 7.05. The lowest BCUT2D eigenvalue weighted by Crippen LogP contribution is -2.28. The molecule has 0 unspecified atom stereocenters. The summed E-state index contributed by atoms with van der Waals surface area (Å²) in [6.45, 7) is 7.46. The fourth-order valence-corrected chi connectivity index (χ4v) is 7.05. The zero-order chi connectivity index (χ0) is 28.8. The maximum atomic E-state index is 7.46. The van der Waals surface area contributed by atoms with Crippen molar-refractivity contribution in [2.45, 2.75) is 5.41 Å². The molecule has 0 saturated heterocycles. The van der Waals surface area contributed by atoms with E-state index in [1.54, 1.807) is 6.20 Å². The first kappa shape index (κ1) is 25.0. The van der Waals surface area contributed by atoms with E-state index in [0.29, 0.717) is 5.69 Å². The van der Waals surface area contributed by atoms with Crippen molar-refractivity contribution >= 4 is 16.5 Å². The molecule has 43 heavy (non-hydrogen) atoms. The topological polar surface area (TPSA) is 17.2 Å². The first-order valence-electron chi connectivity index (χ1n) is 14.5. The predicted molar refractivity (Wildman–Crippen MR) is 176 cm³/mol. The number of hydrogen-bond donors (Lipinski definition) is 0. The van der Waals surface area contributed by atoms with Gasteiger partial charge in [-0.15, -0.1) is 0 Å². The summed E-state index contributed by atoms with van der Waals surface area (Å²) in [6, 6.07) is 52.6. The largest absolute Gasteiger partial charge is 0.276 e. The third-order valence-electron chi connectivity index (χ3n) is 8.82. The second kappa shape index (κ2) is 9.94. The van der Waals surface area contributed by atoms with Gasteiger partial charge in [-0.25, -0.2) is 4.85 Å². The van der Waals surface area contributed by atoms with E-state index in [-0.39, 0.29) is 0 Å². The smallest absolute Gasteiger partial charge is 0.205 e. The Labute approximate surface area is 251 Å². The first-order chi connectivity index (χ1) is 21.3. The molecule has 0 fully saturated rings. The van der Waals surface area contributed by atoms with Gasteiger partial charge in [0.15, 0.2) is 0 Å². The van der Waals surface area contributed by atoms with Crippen LogP contribution in [0.1, 0.15) is 22.3 Å². The lowest BCUT2D eigenvalue weighted by Gasteiger charge is -2.34. The zero-order valence-electron chi connectivity index (χ0n) is 23.4. The maximum absolute atomic E-state index is 7.46. The van der Waals surface area contributed by atoms with E-state index in [2.05, 4.69) is 149 Å². The number of rotatable bonds is 4. The second-order valence-electron chi connectivity index (χ2n) is 11.0. The van der Waals surface area contributed by atoms with Gasteiger partial charge in [0, 0.05) is 12.4 Å². The van der Waals surface area contributed by atoms with Crippen LogP contribution in [0.4, 0.5) is 5.69 Å². The highest BCUT2D eigenvalue weighted by Gasteiger charge is 2.46. The van der Waals surface area contributed by atoms with Crippen LogP contribution in [0.5, 0.6) is 0 Å². The average molecular weight is 547 g/mol. The van der Waals surface area contributed by atoms with E-state index in [1.807, 2.05) is 12.3 Å². The Balaban J connectivity index is 1.48. The van der Waals surface area contributed by atoms with Gasteiger partial charge in [0.2, 0.25) is 5.69 Å². The number of nitrogens with zero attached hydrogens (tertiary/aromatic N) is 2. The van der Waals surface area contributed by atoms with Gasteiger partial charge in [0.25, 0.3) is 0 Å². The highest BCUT2D eigenvalue weighted by Crippen LogP contribution is 2.58. The van der Waals surface area contributed by atoms with Crippen LogP contribution in [-0.4, -0.2) is 4.98 Å². The molecule has 2 nitrogen and oxygen atoms in total. The summed E-state index contributed by atoms with van der Waals surface area (Å²) in [5.74, 6) is 0. The Kier molecular flexibility index (Phi) is 5.77. The fraction of sp³-hybridized carbons (Fsp3) is 0.0244. The molecule has 8 rings (SSSR count). The third kappa shape index (κ3) is 3.76. The van der Waals surface area contributed by atoms with Gasteiger partial charge >= 0.3 is 0 Å². The van der Waals surface area contributed by atoms with Crippen LogP contribution in [-0.2, 0) is 5.41 Å². The third-order valence-corrected chi connectivity index (χ3v) is 8.82. The molecule has 0 N–H and O–H groups in total. The minimum atomic E-state index is -0.473. The molecular formula is C41H26N2. The summed E-state index contributed by atoms with van der Waals surface area (Å²) in [6.07, 6.45) is 3.44. The lowest BCUT2D eigenvalue weighted by atomic mass is 9.67. The van der Waals surface area contributed by atoms with Gasteiger partial charge in [-0.1, -0.05) is 127 Å². The lowest BCUT2D eigenvalue weighted by molar-refractivity contribution is 0.769. The van der Waals surface area contributed by atoms with Gasteiger partial charge in [-0.05, 0) is 84.6 Å². The molecule has 1 aromatic heterocycles. The number of pyridine rings is 1. The molecule has 1 aliphatic carbocycles. The van der Waals surface area contributed by atoms with Crippen LogP contribution < -0.4 is 0 Å². The van der Waals surface area contributed by atoms with E-state index in [9.17, 15) is 0 Å². The van der Waals surface area contributed by atoms with Gasteiger partial charge < -0.3 is 0 Å². The van der Waals surface area contributed by atoms with Gasteiger partial charge in [-0.2, -0.15) is 0 Å². The Morgan fingerprint density at radius 2 is 1.14 bits per heavy atom. The molecule has 7 aromatic rings. The van der Waals surface area contributed by atoms with E-state index in [0.717, 1.165) is 16.7 Å². The monoisotopic (exact) mass is 546 g/mol.